The van der Waals surface area contributed by atoms with Crippen molar-refractivity contribution < 1.29 is 4.39 Å². The van der Waals surface area contributed by atoms with Crippen LogP contribution in [0.2, 0.25) is 0 Å². The van der Waals surface area contributed by atoms with Crippen LogP contribution in [-0.4, -0.2) is 9.97 Å². The van der Waals surface area contributed by atoms with Crippen molar-refractivity contribution in [3.8, 4) is 11.3 Å². The molecule has 0 atom stereocenters. The highest BCUT2D eigenvalue weighted by Gasteiger charge is 2.28. The molecule has 18 heavy (non-hydrogen) atoms. The van der Waals surface area contributed by atoms with Crippen molar-refractivity contribution in [1.29, 1.82) is 0 Å². The zero-order valence-electron chi connectivity index (χ0n) is 10.2. The summed E-state index contributed by atoms with van der Waals surface area (Å²) in [6.45, 7) is 2.01. The summed E-state index contributed by atoms with van der Waals surface area (Å²) >= 11 is 0. The number of hydrogen-bond acceptors (Lipinski definition) is 3. The van der Waals surface area contributed by atoms with Gasteiger partial charge in [-0.2, -0.15) is 0 Å². The van der Waals surface area contributed by atoms with E-state index in [4.69, 9.17) is 5.73 Å². The van der Waals surface area contributed by atoms with E-state index in [1.807, 2.05) is 6.92 Å². The molecule has 0 aliphatic heterocycles. The molecule has 1 fully saturated rings. The van der Waals surface area contributed by atoms with E-state index in [0.29, 0.717) is 11.9 Å². The summed E-state index contributed by atoms with van der Waals surface area (Å²) in [4.78, 5) is 8.62. The van der Waals surface area contributed by atoms with Gasteiger partial charge in [0.2, 0.25) is 5.95 Å². The molecule has 1 aliphatic carbocycles. The average molecular weight is 243 g/mol. The summed E-state index contributed by atoms with van der Waals surface area (Å²) in [5, 5.41) is 0. The predicted molar refractivity (Wildman–Crippen MR) is 68.6 cm³/mol. The molecule has 0 unspecified atom stereocenters. The zero-order valence-corrected chi connectivity index (χ0v) is 10.2. The molecule has 2 aromatic rings. The molecule has 0 saturated heterocycles. The molecule has 0 radical (unpaired) electrons. The molecule has 3 rings (SSSR count). The molecule has 1 aliphatic rings. The summed E-state index contributed by atoms with van der Waals surface area (Å²) < 4.78 is 12.9. The first kappa shape index (κ1) is 11.1. The number of rotatable bonds is 2. The topological polar surface area (TPSA) is 51.8 Å². The van der Waals surface area contributed by atoms with Gasteiger partial charge < -0.3 is 5.73 Å². The van der Waals surface area contributed by atoms with Gasteiger partial charge in [0, 0.05) is 11.5 Å². The third kappa shape index (κ3) is 1.94. The normalized spacial score (nSPS) is 14.8. The number of aromatic nitrogens is 2. The van der Waals surface area contributed by atoms with Gasteiger partial charge in [-0.15, -0.1) is 0 Å². The van der Waals surface area contributed by atoms with E-state index < -0.39 is 0 Å². The molecule has 0 spiro atoms. The number of nitrogens with two attached hydrogens (primary N) is 1. The lowest BCUT2D eigenvalue weighted by molar-refractivity contribution is 0.628. The molecule has 0 bridgehead atoms. The van der Waals surface area contributed by atoms with Gasteiger partial charge in [-0.1, -0.05) is 0 Å². The van der Waals surface area contributed by atoms with E-state index in [1.165, 1.54) is 25.0 Å². The van der Waals surface area contributed by atoms with Crippen molar-refractivity contribution in [3.05, 3.63) is 41.3 Å². The van der Waals surface area contributed by atoms with Gasteiger partial charge in [0.15, 0.2) is 0 Å². The molecule has 1 heterocycles. The number of nitrogens with zero attached hydrogens (tertiary/aromatic N) is 2. The van der Waals surface area contributed by atoms with E-state index in [-0.39, 0.29) is 5.82 Å². The molecular weight excluding hydrogens is 229 g/mol. The largest absolute Gasteiger partial charge is 0.368 e. The quantitative estimate of drug-likeness (QED) is 0.882. The molecular formula is C14H14FN3. The smallest absolute Gasteiger partial charge is 0.220 e. The SMILES string of the molecule is Cc1c(-c2ccc(F)cc2)nc(N)nc1C1CC1. The standard InChI is InChI=1S/C14H14FN3/c1-8-12(9-2-3-9)17-14(16)18-13(8)10-4-6-11(15)7-5-10/h4-7,9H,2-3H2,1H3,(H2,16,17,18). The highest BCUT2D eigenvalue weighted by atomic mass is 19.1. The Balaban J connectivity index is 2.13. The maximum atomic E-state index is 12.9. The molecule has 3 nitrogen and oxygen atoms in total. The third-order valence-electron chi connectivity index (χ3n) is 3.28. The van der Waals surface area contributed by atoms with Crippen molar-refractivity contribution in [3.63, 3.8) is 0 Å². The summed E-state index contributed by atoms with van der Waals surface area (Å²) in [6.07, 6.45) is 2.33. The monoisotopic (exact) mass is 243 g/mol. The third-order valence-corrected chi connectivity index (χ3v) is 3.28. The van der Waals surface area contributed by atoms with E-state index >= 15 is 0 Å². The van der Waals surface area contributed by atoms with Gasteiger partial charge in [-0.3, -0.25) is 0 Å². The number of hydrogen-bond donors (Lipinski definition) is 1. The Labute approximate surface area is 105 Å². The fraction of sp³-hybridized carbons (Fsp3) is 0.286. The average Bonchev–Trinajstić information content (AvgIpc) is 3.17. The molecule has 1 aromatic carbocycles. The Morgan fingerprint density at radius 2 is 1.83 bits per heavy atom. The number of anilines is 1. The maximum Gasteiger partial charge on any atom is 0.220 e. The van der Waals surface area contributed by atoms with Crippen molar-refractivity contribution in [2.75, 3.05) is 5.73 Å². The Bertz CT molecular complexity index is 589. The van der Waals surface area contributed by atoms with E-state index in [0.717, 1.165) is 22.5 Å². The highest BCUT2D eigenvalue weighted by molar-refractivity contribution is 5.65. The van der Waals surface area contributed by atoms with E-state index in [2.05, 4.69) is 9.97 Å². The van der Waals surface area contributed by atoms with E-state index in [1.54, 1.807) is 12.1 Å². The molecule has 1 aromatic heterocycles. The minimum Gasteiger partial charge on any atom is -0.368 e. The molecule has 1 saturated carbocycles. The lowest BCUT2D eigenvalue weighted by Gasteiger charge is -2.10. The number of benzene rings is 1. The number of halogens is 1. The first-order valence-electron chi connectivity index (χ1n) is 6.05. The van der Waals surface area contributed by atoms with Gasteiger partial charge in [0.1, 0.15) is 5.82 Å². The molecule has 2 N–H and O–H groups in total. The van der Waals surface area contributed by atoms with Crippen molar-refractivity contribution in [2.24, 2.45) is 0 Å². The van der Waals surface area contributed by atoms with Crippen LogP contribution in [0.3, 0.4) is 0 Å². The maximum absolute atomic E-state index is 12.9. The van der Waals surface area contributed by atoms with Crippen LogP contribution < -0.4 is 5.73 Å². The van der Waals surface area contributed by atoms with Crippen LogP contribution in [0.5, 0.6) is 0 Å². The first-order valence-corrected chi connectivity index (χ1v) is 6.05. The lowest BCUT2D eigenvalue weighted by atomic mass is 10.0. The summed E-state index contributed by atoms with van der Waals surface area (Å²) in [6, 6.07) is 6.31. The van der Waals surface area contributed by atoms with Gasteiger partial charge in [0.25, 0.3) is 0 Å². The van der Waals surface area contributed by atoms with Crippen molar-refractivity contribution in [1.82, 2.24) is 9.97 Å². The second-order valence-electron chi connectivity index (χ2n) is 4.72. The van der Waals surface area contributed by atoms with Gasteiger partial charge >= 0.3 is 0 Å². The van der Waals surface area contributed by atoms with Crippen LogP contribution in [-0.2, 0) is 0 Å². The number of nitrogen functional groups attached to an aromatic ring is 1. The molecule has 0 amide bonds. The zero-order chi connectivity index (χ0) is 12.7. The van der Waals surface area contributed by atoms with Crippen LogP contribution in [0.4, 0.5) is 10.3 Å². The Hall–Kier alpha value is -1.97. The van der Waals surface area contributed by atoms with Gasteiger partial charge in [-0.05, 0) is 49.6 Å². The Kier molecular flexibility index (Phi) is 2.51. The van der Waals surface area contributed by atoms with Crippen molar-refractivity contribution in [2.45, 2.75) is 25.7 Å². The van der Waals surface area contributed by atoms with Gasteiger partial charge in [0.05, 0.1) is 11.4 Å². The fourth-order valence-corrected chi connectivity index (χ4v) is 2.20. The fourth-order valence-electron chi connectivity index (χ4n) is 2.20. The summed E-state index contributed by atoms with van der Waals surface area (Å²) in [5.41, 5.74) is 9.55. The lowest BCUT2D eigenvalue weighted by Crippen LogP contribution is -2.04. The van der Waals surface area contributed by atoms with Crippen LogP contribution in [0.15, 0.2) is 24.3 Å². The summed E-state index contributed by atoms with van der Waals surface area (Å²) in [5.74, 6) is 0.567. The van der Waals surface area contributed by atoms with Crippen LogP contribution in [0, 0.1) is 12.7 Å². The Morgan fingerprint density at radius 1 is 1.17 bits per heavy atom. The second-order valence-corrected chi connectivity index (χ2v) is 4.72. The van der Waals surface area contributed by atoms with Crippen LogP contribution in [0.1, 0.15) is 30.0 Å². The minimum absolute atomic E-state index is 0.249. The summed E-state index contributed by atoms with van der Waals surface area (Å²) in [7, 11) is 0. The predicted octanol–water partition coefficient (Wildman–Crippen LogP) is 3.05. The van der Waals surface area contributed by atoms with E-state index in [9.17, 15) is 4.39 Å². The highest BCUT2D eigenvalue weighted by Crippen LogP contribution is 2.42. The molecule has 92 valence electrons. The van der Waals surface area contributed by atoms with Crippen LogP contribution >= 0.6 is 0 Å². The minimum atomic E-state index is -0.249. The second kappa shape index (κ2) is 4.05. The Morgan fingerprint density at radius 3 is 2.44 bits per heavy atom. The van der Waals surface area contributed by atoms with Crippen LogP contribution in [0.25, 0.3) is 11.3 Å². The van der Waals surface area contributed by atoms with Gasteiger partial charge in [-0.25, -0.2) is 14.4 Å². The molecule has 4 heteroatoms. The first-order chi connectivity index (χ1) is 8.65. The van der Waals surface area contributed by atoms with Crippen molar-refractivity contribution >= 4 is 5.95 Å².